The molecule has 0 radical (unpaired) electrons. The molecule has 5 nitrogen and oxygen atoms in total. The minimum absolute atomic E-state index is 0.138. The average Bonchev–Trinajstić information content (AvgIpc) is 3.05. The summed E-state index contributed by atoms with van der Waals surface area (Å²) in [7, 11) is 3.78. The highest BCUT2D eigenvalue weighted by Crippen LogP contribution is 2.28. The van der Waals surface area contributed by atoms with Crippen LogP contribution in [0, 0.1) is 0 Å². The van der Waals surface area contributed by atoms with Crippen molar-refractivity contribution in [3.63, 3.8) is 0 Å². The zero-order valence-corrected chi connectivity index (χ0v) is 14.0. The third-order valence-corrected chi connectivity index (χ3v) is 3.73. The number of carbonyl (C=O) groups excluding carboxylic acids is 1. The Bertz CT molecular complexity index is 860. The second-order valence-electron chi connectivity index (χ2n) is 5.45. The highest BCUT2D eigenvalue weighted by molar-refractivity contribution is 6.31. The van der Waals surface area contributed by atoms with Crippen molar-refractivity contribution in [2.45, 2.75) is 0 Å². The molecule has 0 aliphatic heterocycles. The van der Waals surface area contributed by atoms with Crippen molar-refractivity contribution in [3.05, 3.63) is 65.4 Å². The molecule has 1 aromatic heterocycles. The van der Waals surface area contributed by atoms with Gasteiger partial charge in [-0.05, 0) is 18.2 Å². The van der Waals surface area contributed by atoms with Gasteiger partial charge in [0.2, 0.25) is 5.76 Å². The molecule has 1 N–H and O–H groups in total. The van der Waals surface area contributed by atoms with E-state index in [1.807, 2.05) is 55.4 Å². The van der Waals surface area contributed by atoms with Crippen LogP contribution in [-0.2, 0) is 0 Å². The second kappa shape index (κ2) is 6.76. The minimum Gasteiger partial charge on any atom is -0.376 e. The van der Waals surface area contributed by atoms with Crippen molar-refractivity contribution in [3.8, 4) is 11.3 Å². The molecule has 0 aliphatic carbocycles. The predicted molar refractivity (Wildman–Crippen MR) is 95.7 cm³/mol. The fourth-order valence-electron chi connectivity index (χ4n) is 2.31. The molecule has 122 valence electrons. The lowest BCUT2D eigenvalue weighted by Gasteiger charge is -2.17. The smallest absolute Gasteiger partial charge is 0.294 e. The first kappa shape index (κ1) is 16.1. The van der Waals surface area contributed by atoms with Gasteiger partial charge in [0, 0.05) is 30.7 Å². The topological polar surface area (TPSA) is 58.4 Å². The van der Waals surface area contributed by atoms with E-state index in [1.165, 1.54) is 0 Å². The Labute approximate surface area is 144 Å². The SMILES string of the molecule is CN(C)c1ccc(Cl)cc1NC(=O)c1cc(-c2ccccc2)no1. The van der Waals surface area contributed by atoms with Gasteiger partial charge in [0.15, 0.2) is 0 Å². The molecule has 1 amide bonds. The van der Waals surface area contributed by atoms with Gasteiger partial charge < -0.3 is 14.7 Å². The number of hydrogen-bond donors (Lipinski definition) is 1. The summed E-state index contributed by atoms with van der Waals surface area (Å²) < 4.78 is 5.18. The summed E-state index contributed by atoms with van der Waals surface area (Å²) in [6.45, 7) is 0. The van der Waals surface area contributed by atoms with Gasteiger partial charge in [-0.1, -0.05) is 47.1 Å². The monoisotopic (exact) mass is 341 g/mol. The Kier molecular flexibility index (Phi) is 4.53. The van der Waals surface area contributed by atoms with E-state index in [9.17, 15) is 4.79 Å². The molecule has 0 spiro atoms. The Balaban J connectivity index is 1.84. The van der Waals surface area contributed by atoms with Crippen LogP contribution in [0.15, 0.2) is 59.1 Å². The summed E-state index contributed by atoms with van der Waals surface area (Å²) >= 11 is 6.03. The Hall–Kier alpha value is -2.79. The molecule has 3 rings (SSSR count). The van der Waals surface area contributed by atoms with Crippen LogP contribution < -0.4 is 10.2 Å². The predicted octanol–water partition coefficient (Wildman–Crippen LogP) is 4.31. The molecule has 2 aromatic carbocycles. The molecule has 0 fully saturated rings. The molecule has 1 heterocycles. The first-order valence-corrected chi connectivity index (χ1v) is 7.73. The van der Waals surface area contributed by atoms with E-state index in [4.69, 9.17) is 16.1 Å². The number of amides is 1. The van der Waals surface area contributed by atoms with Crippen molar-refractivity contribution in [1.82, 2.24) is 5.16 Å². The van der Waals surface area contributed by atoms with Gasteiger partial charge in [0.25, 0.3) is 5.91 Å². The van der Waals surface area contributed by atoms with Crippen molar-refractivity contribution in [2.24, 2.45) is 0 Å². The lowest BCUT2D eigenvalue weighted by Crippen LogP contribution is -2.16. The summed E-state index contributed by atoms with van der Waals surface area (Å²) in [5.74, 6) is -0.242. The number of aromatic nitrogens is 1. The quantitative estimate of drug-likeness (QED) is 0.768. The van der Waals surface area contributed by atoms with Gasteiger partial charge in [-0.15, -0.1) is 0 Å². The fraction of sp³-hybridized carbons (Fsp3) is 0.111. The summed E-state index contributed by atoms with van der Waals surface area (Å²) in [6.07, 6.45) is 0. The lowest BCUT2D eigenvalue weighted by atomic mass is 10.1. The summed E-state index contributed by atoms with van der Waals surface area (Å²) in [5, 5.41) is 7.31. The molecule has 0 unspecified atom stereocenters. The van der Waals surface area contributed by atoms with Gasteiger partial charge in [-0.3, -0.25) is 4.79 Å². The number of carbonyl (C=O) groups is 1. The van der Waals surface area contributed by atoms with E-state index in [0.29, 0.717) is 16.4 Å². The van der Waals surface area contributed by atoms with Crippen molar-refractivity contribution < 1.29 is 9.32 Å². The highest BCUT2D eigenvalue weighted by Gasteiger charge is 2.16. The van der Waals surface area contributed by atoms with E-state index in [0.717, 1.165) is 11.3 Å². The van der Waals surface area contributed by atoms with E-state index in [1.54, 1.807) is 18.2 Å². The Morgan fingerprint density at radius 1 is 1.12 bits per heavy atom. The van der Waals surface area contributed by atoms with E-state index in [-0.39, 0.29) is 11.7 Å². The fourth-order valence-corrected chi connectivity index (χ4v) is 2.48. The number of benzene rings is 2. The Morgan fingerprint density at radius 3 is 2.58 bits per heavy atom. The van der Waals surface area contributed by atoms with Crippen LogP contribution >= 0.6 is 11.6 Å². The molecular weight excluding hydrogens is 326 g/mol. The maximum absolute atomic E-state index is 12.4. The molecule has 6 heteroatoms. The third kappa shape index (κ3) is 3.41. The molecule has 0 bridgehead atoms. The summed E-state index contributed by atoms with van der Waals surface area (Å²) in [5.41, 5.74) is 2.95. The largest absolute Gasteiger partial charge is 0.376 e. The number of nitrogens with one attached hydrogen (secondary N) is 1. The van der Waals surface area contributed by atoms with Gasteiger partial charge in [-0.25, -0.2) is 0 Å². The van der Waals surface area contributed by atoms with Crippen LogP contribution in [-0.4, -0.2) is 25.2 Å². The van der Waals surface area contributed by atoms with Crippen LogP contribution in [0.3, 0.4) is 0 Å². The second-order valence-corrected chi connectivity index (χ2v) is 5.89. The molecule has 24 heavy (non-hydrogen) atoms. The van der Waals surface area contributed by atoms with Crippen LogP contribution in [0.5, 0.6) is 0 Å². The van der Waals surface area contributed by atoms with E-state index in [2.05, 4.69) is 10.5 Å². The van der Waals surface area contributed by atoms with Gasteiger partial charge in [-0.2, -0.15) is 0 Å². The maximum Gasteiger partial charge on any atom is 0.294 e. The van der Waals surface area contributed by atoms with Gasteiger partial charge in [0.05, 0.1) is 11.4 Å². The number of anilines is 2. The summed E-state index contributed by atoms with van der Waals surface area (Å²) in [4.78, 5) is 14.3. The molecule has 0 atom stereocenters. The van der Waals surface area contributed by atoms with Crippen molar-refractivity contribution >= 4 is 28.9 Å². The molecule has 0 aliphatic rings. The number of nitrogens with zero attached hydrogens (tertiary/aromatic N) is 2. The molecule has 3 aromatic rings. The van der Waals surface area contributed by atoms with Gasteiger partial charge >= 0.3 is 0 Å². The average molecular weight is 342 g/mol. The molecular formula is C18H16ClN3O2. The first-order chi connectivity index (χ1) is 11.5. The van der Waals surface area contributed by atoms with Crippen LogP contribution in [0.4, 0.5) is 11.4 Å². The third-order valence-electron chi connectivity index (χ3n) is 3.49. The van der Waals surface area contributed by atoms with Crippen LogP contribution in [0.25, 0.3) is 11.3 Å². The van der Waals surface area contributed by atoms with Crippen LogP contribution in [0.2, 0.25) is 5.02 Å². The van der Waals surface area contributed by atoms with Crippen LogP contribution in [0.1, 0.15) is 10.6 Å². The summed E-state index contributed by atoms with van der Waals surface area (Å²) in [6, 6.07) is 16.5. The zero-order valence-electron chi connectivity index (χ0n) is 13.3. The van der Waals surface area contributed by atoms with Gasteiger partial charge in [0.1, 0.15) is 5.69 Å². The maximum atomic E-state index is 12.4. The van der Waals surface area contributed by atoms with E-state index >= 15 is 0 Å². The lowest BCUT2D eigenvalue weighted by molar-refractivity contribution is 0.0988. The van der Waals surface area contributed by atoms with E-state index < -0.39 is 0 Å². The minimum atomic E-state index is -0.380. The molecule has 0 saturated heterocycles. The highest BCUT2D eigenvalue weighted by atomic mass is 35.5. The van der Waals surface area contributed by atoms with Crippen molar-refractivity contribution in [2.75, 3.05) is 24.3 Å². The number of rotatable bonds is 4. The first-order valence-electron chi connectivity index (χ1n) is 7.35. The zero-order chi connectivity index (χ0) is 17.1. The Morgan fingerprint density at radius 2 is 1.88 bits per heavy atom. The normalized spacial score (nSPS) is 10.5. The standard InChI is InChI=1S/C18H16ClN3O2/c1-22(2)16-9-8-13(19)10-15(16)20-18(23)17-11-14(21-24-17)12-6-4-3-5-7-12/h3-11H,1-2H3,(H,20,23). The number of hydrogen-bond acceptors (Lipinski definition) is 4. The number of halogens is 1. The molecule has 0 saturated carbocycles. The van der Waals surface area contributed by atoms with Crippen molar-refractivity contribution in [1.29, 1.82) is 0 Å².